The molecule has 0 unspecified atom stereocenters. The molecule has 0 bridgehead atoms. The van der Waals surface area contributed by atoms with Crippen molar-refractivity contribution in [3.8, 4) is 11.5 Å². The number of carbonyl (C=O) groups is 1. The van der Waals surface area contributed by atoms with Gasteiger partial charge >= 0.3 is 0 Å². The molecule has 3 aromatic carbocycles. The zero-order valence-electron chi connectivity index (χ0n) is 17.0. The summed E-state index contributed by atoms with van der Waals surface area (Å²) >= 11 is 0. The molecule has 0 aliphatic rings. The van der Waals surface area contributed by atoms with Gasteiger partial charge in [-0.2, -0.15) is 0 Å². The topological polar surface area (TPSA) is 89.3 Å². The first-order valence-corrected chi connectivity index (χ1v) is 11.1. The molecule has 1 heterocycles. The first kappa shape index (κ1) is 20.6. The normalized spacial score (nSPS) is 11.3. The van der Waals surface area contributed by atoms with Crippen molar-refractivity contribution in [2.75, 3.05) is 5.32 Å². The van der Waals surface area contributed by atoms with Crippen LogP contribution >= 0.6 is 0 Å². The number of nitrogens with zero attached hydrogens (tertiary/aromatic N) is 1. The van der Waals surface area contributed by atoms with Crippen LogP contribution in [0.25, 0.3) is 11.5 Å². The SMILES string of the molecule is Cc1ccc(NC(=O)c2nc(-c3ccccc3)oc2S(=O)(=O)c2ccc(C)cc2)cc1. The maximum absolute atomic E-state index is 13.3. The van der Waals surface area contributed by atoms with Crippen molar-refractivity contribution in [2.45, 2.75) is 23.8 Å². The highest BCUT2D eigenvalue weighted by Gasteiger charge is 2.32. The number of rotatable bonds is 5. The fraction of sp³-hybridized carbons (Fsp3) is 0.0833. The van der Waals surface area contributed by atoms with Crippen LogP contribution in [0.3, 0.4) is 0 Å². The summed E-state index contributed by atoms with van der Waals surface area (Å²) in [6, 6.07) is 22.3. The molecular formula is C24H20N2O4S. The summed E-state index contributed by atoms with van der Waals surface area (Å²) < 4.78 is 32.3. The average molecular weight is 433 g/mol. The predicted molar refractivity (Wildman–Crippen MR) is 118 cm³/mol. The van der Waals surface area contributed by atoms with E-state index in [9.17, 15) is 13.2 Å². The summed E-state index contributed by atoms with van der Waals surface area (Å²) in [5.41, 5.74) is 2.75. The first-order chi connectivity index (χ1) is 14.8. The molecule has 0 spiro atoms. The Morgan fingerprint density at radius 1 is 0.839 bits per heavy atom. The number of anilines is 1. The van der Waals surface area contributed by atoms with Crippen molar-refractivity contribution < 1.29 is 17.6 Å². The third kappa shape index (κ3) is 4.27. The van der Waals surface area contributed by atoms with Gasteiger partial charge in [0.2, 0.25) is 15.7 Å². The first-order valence-electron chi connectivity index (χ1n) is 9.60. The fourth-order valence-corrected chi connectivity index (χ4v) is 4.28. The number of benzene rings is 3. The smallest absolute Gasteiger partial charge is 0.279 e. The lowest BCUT2D eigenvalue weighted by Gasteiger charge is -2.06. The molecule has 0 radical (unpaired) electrons. The standard InChI is InChI=1S/C24H20N2O4S/c1-16-8-12-19(13-9-16)25-22(27)21-24(30-23(26-21)18-6-4-3-5-7-18)31(28,29)20-14-10-17(2)11-15-20/h3-15H,1-2H3,(H,25,27). The number of carbonyl (C=O) groups excluding carboxylic acids is 1. The minimum absolute atomic E-state index is 0.0262. The molecule has 4 aromatic rings. The zero-order valence-corrected chi connectivity index (χ0v) is 17.8. The molecule has 6 nitrogen and oxygen atoms in total. The molecule has 7 heteroatoms. The fourth-order valence-electron chi connectivity index (χ4n) is 2.99. The van der Waals surface area contributed by atoms with E-state index in [2.05, 4.69) is 10.3 Å². The van der Waals surface area contributed by atoms with Gasteiger partial charge in [-0.15, -0.1) is 0 Å². The molecule has 0 aliphatic heterocycles. The van der Waals surface area contributed by atoms with E-state index in [4.69, 9.17) is 4.42 Å². The average Bonchev–Trinajstić information content (AvgIpc) is 3.23. The highest BCUT2D eigenvalue weighted by Crippen LogP contribution is 2.30. The van der Waals surface area contributed by atoms with E-state index in [1.807, 2.05) is 32.0 Å². The summed E-state index contributed by atoms with van der Waals surface area (Å²) in [4.78, 5) is 17.3. The number of oxazole rings is 1. The van der Waals surface area contributed by atoms with Crippen molar-refractivity contribution >= 4 is 21.4 Å². The third-order valence-electron chi connectivity index (χ3n) is 4.72. The largest absolute Gasteiger partial charge is 0.423 e. The van der Waals surface area contributed by atoms with Gasteiger partial charge in [0.15, 0.2) is 5.69 Å². The van der Waals surface area contributed by atoms with Crippen LogP contribution in [0, 0.1) is 13.8 Å². The van der Waals surface area contributed by atoms with Gasteiger partial charge in [0.1, 0.15) is 0 Å². The Kier molecular flexibility index (Phi) is 5.44. The maximum Gasteiger partial charge on any atom is 0.279 e. The van der Waals surface area contributed by atoms with Gasteiger partial charge in [0, 0.05) is 11.3 Å². The highest BCUT2D eigenvalue weighted by molar-refractivity contribution is 7.91. The van der Waals surface area contributed by atoms with Crippen LogP contribution in [0.2, 0.25) is 0 Å². The van der Waals surface area contributed by atoms with Crippen LogP contribution in [0.4, 0.5) is 5.69 Å². The second-order valence-corrected chi connectivity index (χ2v) is 9.01. The Balaban J connectivity index is 1.81. The Labute approximate surface area is 180 Å². The van der Waals surface area contributed by atoms with Crippen LogP contribution in [-0.2, 0) is 9.84 Å². The molecule has 1 amide bonds. The number of aromatic nitrogens is 1. The lowest BCUT2D eigenvalue weighted by molar-refractivity contribution is 0.101. The molecule has 0 aliphatic carbocycles. The highest BCUT2D eigenvalue weighted by atomic mass is 32.2. The van der Waals surface area contributed by atoms with Crippen LogP contribution < -0.4 is 5.32 Å². The van der Waals surface area contributed by atoms with Crippen LogP contribution in [0.1, 0.15) is 21.6 Å². The molecule has 0 saturated heterocycles. The molecule has 156 valence electrons. The van der Waals surface area contributed by atoms with E-state index in [1.165, 1.54) is 12.1 Å². The lowest BCUT2D eigenvalue weighted by atomic mass is 10.2. The summed E-state index contributed by atoms with van der Waals surface area (Å²) in [5, 5.41) is 2.21. The number of hydrogen-bond acceptors (Lipinski definition) is 5. The Hall–Kier alpha value is -3.71. The van der Waals surface area contributed by atoms with Gasteiger partial charge in [-0.3, -0.25) is 4.79 Å². The van der Waals surface area contributed by atoms with E-state index in [0.717, 1.165) is 11.1 Å². The van der Waals surface area contributed by atoms with E-state index in [-0.39, 0.29) is 16.5 Å². The minimum atomic E-state index is -4.11. The monoisotopic (exact) mass is 432 g/mol. The van der Waals surface area contributed by atoms with E-state index in [1.54, 1.807) is 48.5 Å². The van der Waals surface area contributed by atoms with Crippen LogP contribution in [0.15, 0.2) is 93.3 Å². The number of amides is 1. The number of aryl methyl sites for hydroxylation is 2. The second-order valence-electron chi connectivity index (χ2n) is 7.16. The minimum Gasteiger partial charge on any atom is -0.423 e. The van der Waals surface area contributed by atoms with Crippen LogP contribution in [-0.4, -0.2) is 19.3 Å². The quantitative estimate of drug-likeness (QED) is 0.477. The van der Waals surface area contributed by atoms with Crippen molar-refractivity contribution in [1.82, 2.24) is 4.98 Å². The van der Waals surface area contributed by atoms with Crippen molar-refractivity contribution in [1.29, 1.82) is 0 Å². The van der Waals surface area contributed by atoms with Gasteiger partial charge in [0.25, 0.3) is 11.0 Å². The zero-order chi connectivity index (χ0) is 22.0. The summed E-state index contributed by atoms with van der Waals surface area (Å²) in [7, 11) is -4.11. The molecule has 0 atom stereocenters. The molecule has 0 fully saturated rings. The van der Waals surface area contributed by atoms with Crippen molar-refractivity contribution in [3.63, 3.8) is 0 Å². The molecule has 4 rings (SSSR count). The van der Waals surface area contributed by atoms with Gasteiger partial charge in [-0.25, -0.2) is 13.4 Å². The third-order valence-corrected chi connectivity index (χ3v) is 6.37. The van der Waals surface area contributed by atoms with Gasteiger partial charge in [-0.1, -0.05) is 53.6 Å². The van der Waals surface area contributed by atoms with Gasteiger partial charge in [0.05, 0.1) is 4.90 Å². The van der Waals surface area contributed by atoms with Gasteiger partial charge < -0.3 is 9.73 Å². The van der Waals surface area contributed by atoms with E-state index < -0.39 is 20.8 Å². The van der Waals surface area contributed by atoms with E-state index >= 15 is 0 Å². The Morgan fingerprint density at radius 2 is 1.42 bits per heavy atom. The summed E-state index contributed by atoms with van der Waals surface area (Å²) in [5.74, 6) is -0.610. The van der Waals surface area contributed by atoms with Crippen LogP contribution in [0.5, 0.6) is 0 Å². The maximum atomic E-state index is 13.3. The molecular weight excluding hydrogens is 412 g/mol. The molecule has 0 saturated carbocycles. The molecule has 1 aromatic heterocycles. The Morgan fingerprint density at radius 3 is 2.03 bits per heavy atom. The van der Waals surface area contributed by atoms with E-state index in [0.29, 0.717) is 11.3 Å². The van der Waals surface area contributed by atoms with Gasteiger partial charge in [-0.05, 0) is 50.2 Å². The number of hydrogen-bond donors (Lipinski definition) is 1. The lowest BCUT2D eigenvalue weighted by Crippen LogP contribution is -2.16. The number of nitrogens with one attached hydrogen (secondary N) is 1. The summed E-state index contributed by atoms with van der Waals surface area (Å²) in [6.45, 7) is 3.79. The summed E-state index contributed by atoms with van der Waals surface area (Å²) in [6.07, 6.45) is 0. The molecule has 31 heavy (non-hydrogen) atoms. The second kappa shape index (κ2) is 8.20. The predicted octanol–water partition coefficient (Wildman–Crippen LogP) is 5.04. The van der Waals surface area contributed by atoms with Crippen molar-refractivity contribution in [3.05, 3.63) is 95.7 Å². The van der Waals surface area contributed by atoms with Crippen molar-refractivity contribution in [2.24, 2.45) is 0 Å². The number of sulfone groups is 1. The Bertz CT molecular complexity index is 1320. The molecule has 1 N–H and O–H groups in total.